The summed E-state index contributed by atoms with van der Waals surface area (Å²) < 4.78 is 0. The average Bonchev–Trinajstić information content (AvgIpc) is 2.85. The molecule has 96 valence electrons. The van der Waals surface area contributed by atoms with Crippen molar-refractivity contribution < 1.29 is 4.92 Å². The smallest absolute Gasteiger partial charge is 0.258 e. The van der Waals surface area contributed by atoms with Gasteiger partial charge in [0.2, 0.25) is 0 Å². The maximum atomic E-state index is 11.3. The molecule has 0 atom stereocenters. The van der Waals surface area contributed by atoms with Gasteiger partial charge in [0.05, 0.1) is 10.5 Å². The Morgan fingerprint density at radius 3 is 2.74 bits per heavy atom. The molecule has 0 amide bonds. The normalized spacial score (nSPS) is 13.3. The molecule has 19 heavy (non-hydrogen) atoms. The van der Waals surface area contributed by atoms with Crippen LogP contribution in [0.4, 0.5) is 5.69 Å². The van der Waals surface area contributed by atoms with E-state index in [1.165, 1.54) is 5.56 Å². The third-order valence-corrected chi connectivity index (χ3v) is 3.81. The molecule has 0 N–H and O–H groups in total. The van der Waals surface area contributed by atoms with Gasteiger partial charge in [0.25, 0.3) is 5.69 Å². The highest BCUT2D eigenvalue weighted by atomic mass is 35.5. The van der Waals surface area contributed by atoms with Crippen LogP contribution in [0.25, 0.3) is 11.1 Å². The first-order chi connectivity index (χ1) is 9.16. The number of nitrogens with zero attached hydrogens (tertiary/aromatic N) is 1. The predicted molar refractivity (Wildman–Crippen MR) is 75.6 cm³/mol. The van der Waals surface area contributed by atoms with Gasteiger partial charge in [-0.15, -0.1) is 0 Å². The van der Waals surface area contributed by atoms with Crippen LogP contribution in [0.2, 0.25) is 5.02 Å². The Labute approximate surface area is 116 Å². The quantitative estimate of drug-likeness (QED) is 0.601. The molecule has 0 spiro atoms. The topological polar surface area (TPSA) is 43.1 Å². The molecule has 2 aromatic carbocycles. The Kier molecular flexibility index (Phi) is 2.99. The molecule has 0 heterocycles. The van der Waals surface area contributed by atoms with Crippen molar-refractivity contribution in [2.75, 3.05) is 0 Å². The molecular weight excluding hydrogens is 262 g/mol. The molecule has 0 aromatic heterocycles. The van der Waals surface area contributed by atoms with E-state index >= 15 is 0 Å². The number of nitro groups is 1. The molecule has 4 heteroatoms. The third kappa shape index (κ3) is 2.10. The van der Waals surface area contributed by atoms with E-state index in [1.54, 1.807) is 18.2 Å². The van der Waals surface area contributed by atoms with E-state index in [9.17, 15) is 10.1 Å². The summed E-state index contributed by atoms with van der Waals surface area (Å²) in [6.45, 7) is 0. The Balaban J connectivity index is 2.29. The van der Waals surface area contributed by atoms with Crippen LogP contribution < -0.4 is 0 Å². The zero-order chi connectivity index (χ0) is 13.4. The van der Waals surface area contributed by atoms with E-state index in [-0.39, 0.29) is 10.6 Å². The Morgan fingerprint density at radius 2 is 2.00 bits per heavy atom. The summed E-state index contributed by atoms with van der Waals surface area (Å²) in [6.07, 6.45) is 2.96. The maximum Gasteiger partial charge on any atom is 0.277 e. The molecular formula is C15H12ClNO2. The van der Waals surface area contributed by atoms with Crippen molar-refractivity contribution in [2.24, 2.45) is 0 Å². The minimum atomic E-state index is -0.311. The highest BCUT2D eigenvalue weighted by molar-refractivity contribution is 6.30. The molecule has 0 unspecified atom stereocenters. The average molecular weight is 274 g/mol. The van der Waals surface area contributed by atoms with Gasteiger partial charge in [-0.05, 0) is 48.1 Å². The summed E-state index contributed by atoms with van der Waals surface area (Å²) in [5.41, 5.74) is 4.07. The van der Waals surface area contributed by atoms with Gasteiger partial charge in [0, 0.05) is 11.1 Å². The molecule has 2 aromatic rings. The minimum Gasteiger partial charge on any atom is -0.258 e. The van der Waals surface area contributed by atoms with E-state index in [1.807, 2.05) is 18.2 Å². The third-order valence-electron chi connectivity index (χ3n) is 3.57. The molecule has 0 aliphatic heterocycles. The van der Waals surface area contributed by atoms with Gasteiger partial charge in [-0.3, -0.25) is 10.1 Å². The lowest BCUT2D eigenvalue weighted by molar-refractivity contribution is -0.384. The number of aryl methyl sites for hydroxylation is 1. The van der Waals surface area contributed by atoms with Crippen LogP contribution in [0.15, 0.2) is 36.4 Å². The van der Waals surface area contributed by atoms with E-state index < -0.39 is 0 Å². The largest absolute Gasteiger partial charge is 0.277 e. The molecule has 1 aliphatic carbocycles. The number of halogens is 1. The van der Waals surface area contributed by atoms with Crippen LogP contribution in [0.5, 0.6) is 0 Å². The van der Waals surface area contributed by atoms with Crippen LogP contribution in [0.1, 0.15) is 17.5 Å². The minimum absolute atomic E-state index is 0.169. The van der Waals surface area contributed by atoms with Gasteiger partial charge >= 0.3 is 0 Å². The predicted octanol–water partition coefficient (Wildman–Crippen LogP) is 4.40. The molecule has 0 saturated heterocycles. The summed E-state index contributed by atoms with van der Waals surface area (Å²) >= 11 is 6.01. The number of benzene rings is 2. The zero-order valence-electron chi connectivity index (χ0n) is 10.2. The highest BCUT2D eigenvalue weighted by Gasteiger charge is 2.24. The van der Waals surface area contributed by atoms with Gasteiger partial charge in [-0.1, -0.05) is 29.8 Å². The number of hydrogen-bond donors (Lipinski definition) is 0. The lowest BCUT2D eigenvalue weighted by Crippen LogP contribution is -1.97. The Bertz CT molecular complexity index is 667. The van der Waals surface area contributed by atoms with Crippen LogP contribution >= 0.6 is 11.6 Å². The number of hydrogen-bond acceptors (Lipinski definition) is 2. The van der Waals surface area contributed by atoms with Gasteiger partial charge in [-0.2, -0.15) is 0 Å². The monoisotopic (exact) mass is 273 g/mol. The molecule has 0 fully saturated rings. The van der Waals surface area contributed by atoms with E-state index in [0.29, 0.717) is 5.02 Å². The van der Waals surface area contributed by atoms with Crippen molar-refractivity contribution in [3.63, 3.8) is 0 Å². The molecule has 0 radical (unpaired) electrons. The Morgan fingerprint density at radius 1 is 1.16 bits per heavy atom. The first-order valence-electron chi connectivity index (χ1n) is 6.22. The van der Waals surface area contributed by atoms with Crippen molar-refractivity contribution in [3.8, 4) is 11.1 Å². The number of rotatable bonds is 2. The van der Waals surface area contributed by atoms with Gasteiger partial charge < -0.3 is 0 Å². The Hall–Kier alpha value is -1.87. The van der Waals surface area contributed by atoms with Crippen molar-refractivity contribution in [3.05, 3.63) is 62.7 Å². The van der Waals surface area contributed by atoms with Crippen LogP contribution in [-0.4, -0.2) is 4.92 Å². The summed E-state index contributed by atoms with van der Waals surface area (Å²) in [5, 5.41) is 11.9. The fourth-order valence-electron chi connectivity index (χ4n) is 2.77. The summed E-state index contributed by atoms with van der Waals surface area (Å²) in [6, 6.07) is 10.8. The molecule has 0 saturated carbocycles. The fourth-order valence-corrected chi connectivity index (χ4v) is 2.96. The second kappa shape index (κ2) is 4.67. The summed E-state index contributed by atoms with van der Waals surface area (Å²) in [5.74, 6) is 0. The van der Waals surface area contributed by atoms with E-state index in [4.69, 9.17) is 11.6 Å². The first kappa shape index (κ1) is 12.2. The fraction of sp³-hybridized carbons (Fsp3) is 0.200. The van der Waals surface area contributed by atoms with E-state index in [2.05, 4.69) is 0 Å². The highest BCUT2D eigenvalue weighted by Crippen LogP contribution is 2.39. The van der Waals surface area contributed by atoms with Crippen LogP contribution in [0, 0.1) is 10.1 Å². The van der Waals surface area contributed by atoms with E-state index in [0.717, 1.165) is 36.0 Å². The second-order valence-electron chi connectivity index (χ2n) is 4.72. The summed E-state index contributed by atoms with van der Waals surface area (Å²) in [4.78, 5) is 10.9. The molecule has 3 nitrogen and oxygen atoms in total. The number of nitro benzene ring substituents is 1. The van der Waals surface area contributed by atoms with Crippen molar-refractivity contribution in [1.29, 1.82) is 0 Å². The lowest BCUT2D eigenvalue weighted by Gasteiger charge is -2.10. The second-order valence-corrected chi connectivity index (χ2v) is 5.15. The van der Waals surface area contributed by atoms with Gasteiger partial charge in [0.15, 0.2) is 0 Å². The first-order valence-corrected chi connectivity index (χ1v) is 6.59. The molecule has 1 aliphatic rings. The molecule has 0 bridgehead atoms. The SMILES string of the molecule is O=[N+]([O-])c1ccc2c(c1-c1cccc(Cl)c1)CCC2. The van der Waals surface area contributed by atoms with Crippen molar-refractivity contribution in [1.82, 2.24) is 0 Å². The van der Waals surface area contributed by atoms with Crippen LogP contribution in [0.3, 0.4) is 0 Å². The van der Waals surface area contributed by atoms with Gasteiger partial charge in [-0.25, -0.2) is 0 Å². The summed E-state index contributed by atoms with van der Waals surface area (Å²) in [7, 11) is 0. The maximum absolute atomic E-state index is 11.3. The van der Waals surface area contributed by atoms with Crippen LogP contribution in [-0.2, 0) is 12.8 Å². The standard InChI is InChI=1S/C15H12ClNO2/c16-12-5-1-4-11(9-12)15-13-6-2-3-10(13)7-8-14(15)17(18)19/h1,4-5,7-9H,2-3,6H2. The molecule has 3 rings (SSSR count). The lowest BCUT2D eigenvalue weighted by atomic mass is 9.95. The van der Waals surface area contributed by atoms with Crippen molar-refractivity contribution >= 4 is 17.3 Å². The number of fused-ring (bicyclic) bond motifs is 1. The van der Waals surface area contributed by atoms with Crippen molar-refractivity contribution in [2.45, 2.75) is 19.3 Å². The zero-order valence-corrected chi connectivity index (χ0v) is 11.0. The van der Waals surface area contributed by atoms with Gasteiger partial charge in [0.1, 0.15) is 0 Å².